The first-order chi connectivity index (χ1) is 11.4. The normalized spacial score (nSPS) is 53.5. The topological polar surface area (TPSA) is 32.8 Å². The summed E-state index contributed by atoms with van der Waals surface area (Å²) in [4.78, 5) is 22.1. The largest absolute Gasteiger partial charge is 0.323 e. The van der Waals surface area contributed by atoms with Gasteiger partial charge < -0.3 is 4.90 Å². The van der Waals surface area contributed by atoms with Gasteiger partial charge in [-0.3, -0.25) is 9.63 Å². The molecule has 0 aromatic carbocycles. The van der Waals surface area contributed by atoms with Gasteiger partial charge in [-0.15, -0.1) is 0 Å². The highest BCUT2D eigenvalue weighted by atomic mass is 16.7. The summed E-state index contributed by atoms with van der Waals surface area (Å²) < 4.78 is 0. The molecule has 0 aromatic rings. The van der Waals surface area contributed by atoms with Crippen molar-refractivity contribution < 1.29 is 9.63 Å². The number of hydrogen-bond donors (Lipinski definition) is 0. The predicted molar refractivity (Wildman–Crippen MR) is 91.7 cm³/mol. The van der Waals surface area contributed by atoms with E-state index in [0.717, 1.165) is 12.3 Å². The van der Waals surface area contributed by atoms with Gasteiger partial charge in [0.05, 0.1) is 6.10 Å². The summed E-state index contributed by atoms with van der Waals surface area (Å²) in [6, 6.07) is 0.00171. The van der Waals surface area contributed by atoms with Gasteiger partial charge in [0.1, 0.15) is 11.7 Å². The smallest absolute Gasteiger partial charge is 0.244 e. The first kappa shape index (κ1) is 15.6. The van der Waals surface area contributed by atoms with Crippen LogP contribution in [0.25, 0.3) is 0 Å². The lowest BCUT2D eigenvalue weighted by molar-refractivity contribution is -0.269. The Bertz CT molecular complexity index is 564. The maximum absolute atomic E-state index is 13.4. The highest BCUT2D eigenvalue weighted by molar-refractivity contribution is 5.85. The van der Waals surface area contributed by atoms with E-state index in [1.807, 2.05) is 0 Å². The standard InChI is InChI=1S/C20H32N2O2/c1-11(2)15-8-5-12(3)10-20(15)21(4)19(23)17-16-13-6-7-14(9-13)18(16)24-22(17)20/h11-18H,5-10H2,1-4H3/t12-,13+,14-,15+,16-,17+,18-,20+/m1/s1. The Labute approximate surface area is 145 Å². The lowest BCUT2D eigenvalue weighted by Crippen LogP contribution is -2.61. The molecule has 5 rings (SSSR count). The van der Waals surface area contributed by atoms with Gasteiger partial charge in [-0.25, -0.2) is 0 Å². The van der Waals surface area contributed by atoms with E-state index in [0.29, 0.717) is 41.6 Å². The monoisotopic (exact) mass is 332 g/mol. The summed E-state index contributed by atoms with van der Waals surface area (Å²) in [5, 5.41) is 2.26. The van der Waals surface area contributed by atoms with Gasteiger partial charge in [0.2, 0.25) is 5.91 Å². The SMILES string of the molecule is CC(C)[C@@H]1CC[C@@H](C)C[C@@]12N(C)C(=O)[C@@H]1[C@H]3[C@H]4CC[C@H](C4)[C@H]3ON12. The Kier molecular flexibility index (Phi) is 3.24. The number of likely N-dealkylation sites (N-methyl/N-ethyl adjacent to an activating group) is 1. The number of rotatable bonds is 1. The predicted octanol–water partition coefficient (Wildman–Crippen LogP) is 3.28. The maximum Gasteiger partial charge on any atom is 0.244 e. The Morgan fingerprint density at radius 3 is 2.67 bits per heavy atom. The lowest BCUT2D eigenvalue weighted by atomic mass is 9.69. The van der Waals surface area contributed by atoms with E-state index in [2.05, 4.69) is 37.8 Å². The van der Waals surface area contributed by atoms with Crippen molar-refractivity contribution in [3.05, 3.63) is 0 Å². The van der Waals surface area contributed by atoms with Crippen molar-refractivity contribution in [3.8, 4) is 0 Å². The van der Waals surface area contributed by atoms with Crippen molar-refractivity contribution in [3.63, 3.8) is 0 Å². The first-order valence-corrected chi connectivity index (χ1v) is 10.2. The van der Waals surface area contributed by atoms with Gasteiger partial charge in [0.15, 0.2) is 0 Å². The Balaban J connectivity index is 1.58. The highest BCUT2D eigenvalue weighted by Crippen LogP contribution is 2.61. The van der Waals surface area contributed by atoms with E-state index in [4.69, 9.17) is 4.84 Å². The summed E-state index contributed by atoms with van der Waals surface area (Å²) >= 11 is 0. The average Bonchev–Trinajstić information content (AvgIpc) is 3.26. The lowest BCUT2D eigenvalue weighted by Gasteiger charge is -2.52. The van der Waals surface area contributed by atoms with Crippen LogP contribution in [-0.4, -0.2) is 40.7 Å². The van der Waals surface area contributed by atoms with Crippen molar-refractivity contribution in [1.29, 1.82) is 0 Å². The second-order valence-electron chi connectivity index (χ2n) is 9.76. The molecular formula is C20H32N2O2. The second kappa shape index (κ2) is 4.97. The third-order valence-electron chi connectivity index (χ3n) is 8.32. The fourth-order valence-corrected chi connectivity index (χ4v) is 7.33. The van der Waals surface area contributed by atoms with Gasteiger partial charge in [-0.05, 0) is 55.8 Å². The molecule has 24 heavy (non-hydrogen) atoms. The molecule has 5 aliphatic rings. The molecule has 0 N–H and O–H groups in total. The van der Waals surface area contributed by atoms with Gasteiger partial charge in [0, 0.05) is 18.9 Å². The van der Waals surface area contributed by atoms with Crippen LogP contribution < -0.4 is 0 Å². The zero-order valence-electron chi connectivity index (χ0n) is 15.6. The molecule has 2 heterocycles. The molecule has 0 radical (unpaired) electrons. The van der Waals surface area contributed by atoms with Crippen LogP contribution in [0.1, 0.15) is 59.3 Å². The number of fused-ring (bicyclic) bond motifs is 8. The van der Waals surface area contributed by atoms with Crippen molar-refractivity contribution in [2.45, 2.75) is 77.1 Å². The van der Waals surface area contributed by atoms with Gasteiger partial charge in [-0.1, -0.05) is 27.2 Å². The van der Waals surface area contributed by atoms with Gasteiger partial charge >= 0.3 is 0 Å². The van der Waals surface area contributed by atoms with E-state index in [1.54, 1.807) is 0 Å². The summed E-state index contributed by atoms with van der Waals surface area (Å²) in [6.45, 7) is 7.01. The molecule has 3 aliphatic carbocycles. The second-order valence-corrected chi connectivity index (χ2v) is 9.76. The minimum Gasteiger partial charge on any atom is -0.323 e. The zero-order chi connectivity index (χ0) is 16.8. The minimum absolute atomic E-state index is 0.00171. The van der Waals surface area contributed by atoms with Crippen molar-refractivity contribution in [2.24, 2.45) is 35.5 Å². The van der Waals surface area contributed by atoms with Crippen molar-refractivity contribution in [1.82, 2.24) is 9.96 Å². The number of amides is 1. The molecule has 4 heteroatoms. The van der Waals surface area contributed by atoms with E-state index >= 15 is 0 Å². The summed E-state index contributed by atoms with van der Waals surface area (Å²) in [7, 11) is 2.06. The fourth-order valence-electron chi connectivity index (χ4n) is 7.33. The van der Waals surface area contributed by atoms with Crippen LogP contribution in [-0.2, 0) is 9.63 Å². The van der Waals surface area contributed by atoms with Gasteiger partial charge in [-0.2, -0.15) is 5.06 Å². The average molecular weight is 332 g/mol. The van der Waals surface area contributed by atoms with E-state index < -0.39 is 0 Å². The number of carbonyl (C=O) groups is 1. The first-order valence-electron chi connectivity index (χ1n) is 10.2. The van der Waals surface area contributed by atoms with Crippen LogP contribution in [0.15, 0.2) is 0 Å². The molecule has 0 aromatic heterocycles. The summed E-state index contributed by atoms with van der Waals surface area (Å²) in [5.41, 5.74) is -0.197. The maximum atomic E-state index is 13.4. The van der Waals surface area contributed by atoms with Crippen LogP contribution in [0.4, 0.5) is 0 Å². The molecule has 2 bridgehead atoms. The molecule has 1 amide bonds. The summed E-state index contributed by atoms with van der Waals surface area (Å²) in [5.74, 6) is 3.99. The van der Waals surface area contributed by atoms with Crippen LogP contribution in [0, 0.1) is 35.5 Å². The Morgan fingerprint density at radius 1 is 1.17 bits per heavy atom. The number of nitrogens with zero attached hydrogens (tertiary/aromatic N) is 2. The highest BCUT2D eigenvalue weighted by Gasteiger charge is 2.71. The molecule has 5 fully saturated rings. The molecule has 1 spiro atoms. The summed E-state index contributed by atoms with van der Waals surface area (Å²) in [6.07, 6.45) is 7.82. The number of carbonyl (C=O) groups excluding carboxylic acids is 1. The quantitative estimate of drug-likeness (QED) is 0.739. The molecule has 134 valence electrons. The van der Waals surface area contributed by atoms with E-state index in [9.17, 15) is 4.79 Å². The molecule has 2 saturated heterocycles. The van der Waals surface area contributed by atoms with E-state index in [1.165, 1.54) is 32.1 Å². The third-order valence-corrected chi connectivity index (χ3v) is 8.32. The Hall–Kier alpha value is -0.610. The van der Waals surface area contributed by atoms with Crippen LogP contribution in [0.5, 0.6) is 0 Å². The molecular weight excluding hydrogens is 300 g/mol. The zero-order valence-corrected chi connectivity index (χ0v) is 15.6. The third kappa shape index (κ3) is 1.70. The Morgan fingerprint density at radius 2 is 1.92 bits per heavy atom. The molecule has 2 aliphatic heterocycles. The van der Waals surface area contributed by atoms with E-state index in [-0.39, 0.29) is 11.7 Å². The fraction of sp³-hybridized carbons (Fsp3) is 0.950. The van der Waals surface area contributed by atoms with Crippen LogP contribution in [0.3, 0.4) is 0 Å². The molecule has 4 nitrogen and oxygen atoms in total. The van der Waals surface area contributed by atoms with Crippen LogP contribution in [0.2, 0.25) is 0 Å². The van der Waals surface area contributed by atoms with Crippen molar-refractivity contribution in [2.75, 3.05) is 7.05 Å². The molecule has 8 atom stereocenters. The minimum atomic E-state index is -0.197. The molecule has 0 unspecified atom stereocenters. The molecule has 3 saturated carbocycles. The number of hydrogen-bond acceptors (Lipinski definition) is 3. The van der Waals surface area contributed by atoms with Gasteiger partial charge in [0.25, 0.3) is 0 Å². The van der Waals surface area contributed by atoms with Crippen LogP contribution >= 0.6 is 0 Å². The van der Waals surface area contributed by atoms with Crippen molar-refractivity contribution >= 4 is 5.91 Å². The number of hydroxylamine groups is 2.